The molecule has 0 N–H and O–H groups in total. The molecular formula is C24H26NO2-. The van der Waals surface area contributed by atoms with Gasteiger partial charge in [0.05, 0.1) is 5.69 Å². The summed E-state index contributed by atoms with van der Waals surface area (Å²) < 4.78 is 0. The van der Waals surface area contributed by atoms with Crippen molar-refractivity contribution in [2.45, 2.75) is 39.5 Å². The van der Waals surface area contributed by atoms with Crippen LogP contribution < -0.4 is 5.11 Å². The van der Waals surface area contributed by atoms with Crippen molar-refractivity contribution in [3.63, 3.8) is 0 Å². The van der Waals surface area contributed by atoms with Crippen molar-refractivity contribution < 1.29 is 9.90 Å². The van der Waals surface area contributed by atoms with Crippen LogP contribution in [0.4, 0.5) is 0 Å². The van der Waals surface area contributed by atoms with Gasteiger partial charge in [-0.2, -0.15) is 0 Å². The van der Waals surface area contributed by atoms with E-state index in [1.54, 1.807) is 0 Å². The van der Waals surface area contributed by atoms with Crippen molar-refractivity contribution in [1.29, 1.82) is 0 Å². The molecule has 0 aliphatic carbocycles. The van der Waals surface area contributed by atoms with Gasteiger partial charge in [0.1, 0.15) is 0 Å². The van der Waals surface area contributed by atoms with Crippen molar-refractivity contribution in [2.75, 3.05) is 0 Å². The summed E-state index contributed by atoms with van der Waals surface area (Å²) in [5.74, 6) is -1.08. The molecule has 0 saturated carbocycles. The molecule has 0 radical (unpaired) electrons. The summed E-state index contributed by atoms with van der Waals surface area (Å²) in [5, 5.41) is 8.89. The second-order valence-electron chi connectivity index (χ2n) is 6.44. The summed E-state index contributed by atoms with van der Waals surface area (Å²) >= 11 is 0. The normalized spacial score (nSPS) is 10.0. The average molecular weight is 360 g/mol. The topological polar surface area (TPSA) is 53.0 Å². The molecule has 140 valence electrons. The first-order chi connectivity index (χ1) is 13.1. The number of benzene rings is 2. The van der Waals surface area contributed by atoms with Gasteiger partial charge in [0, 0.05) is 17.7 Å². The van der Waals surface area contributed by atoms with Gasteiger partial charge < -0.3 is 9.90 Å². The molecule has 1 aromatic heterocycles. The number of aryl methyl sites for hydroxylation is 1. The molecule has 1 heterocycles. The maximum atomic E-state index is 8.89. The van der Waals surface area contributed by atoms with Gasteiger partial charge in [0.25, 0.3) is 0 Å². The molecule has 0 aliphatic rings. The number of aromatic nitrogens is 1. The van der Waals surface area contributed by atoms with Crippen LogP contribution in [0.1, 0.15) is 38.7 Å². The molecule has 0 atom stereocenters. The third kappa shape index (κ3) is 7.06. The molecule has 0 spiro atoms. The Hall–Kier alpha value is -2.94. The molecule has 27 heavy (non-hydrogen) atoms. The Kier molecular flexibility index (Phi) is 8.24. The van der Waals surface area contributed by atoms with Gasteiger partial charge in [-0.3, -0.25) is 4.98 Å². The van der Waals surface area contributed by atoms with E-state index in [9.17, 15) is 0 Å². The van der Waals surface area contributed by atoms with E-state index in [1.165, 1.54) is 41.5 Å². The fraction of sp³-hybridized carbons (Fsp3) is 0.250. The third-order valence-electron chi connectivity index (χ3n) is 4.18. The van der Waals surface area contributed by atoms with E-state index in [1.807, 2.05) is 12.3 Å². The smallest absolute Gasteiger partial charge is 0.0702 e. The van der Waals surface area contributed by atoms with E-state index in [2.05, 4.69) is 72.6 Å². The van der Waals surface area contributed by atoms with Gasteiger partial charge in [0.2, 0.25) is 0 Å². The van der Waals surface area contributed by atoms with Crippen LogP contribution in [0.5, 0.6) is 0 Å². The van der Waals surface area contributed by atoms with E-state index in [4.69, 9.17) is 9.90 Å². The number of rotatable bonds is 6. The van der Waals surface area contributed by atoms with Crippen LogP contribution in [0.2, 0.25) is 0 Å². The summed E-state index contributed by atoms with van der Waals surface area (Å²) in [4.78, 5) is 13.5. The zero-order valence-corrected chi connectivity index (χ0v) is 16.0. The Morgan fingerprint density at radius 1 is 0.852 bits per heavy atom. The number of nitrogens with zero attached hydrogens (tertiary/aromatic N) is 1. The van der Waals surface area contributed by atoms with Crippen LogP contribution in [0.25, 0.3) is 22.4 Å². The lowest BCUT2D eigenvalue weighted by atomic mass is 10.0. The van der Waals surface area contributed by atoms with Crippen molar-refractivity contribution >= 4 is 5.97 Å². The first-order valence-electron chi connectivity index (χ1n) is 9.38. The SMILES string of the molecule is CC(=O)[O-].CCCCCc1ccc(-c2ccc(-c3ccccc3)cc2)nc1. The molecule has 3 nitrogen and oxygen atoms in total. The number of hydrogen-bond acceptors (Lipinski definition) is 3. The quantitative estimate of drug-likeness (QED) is 0.587. The fourth-order valence-corrected chi connectivity index (χ4v) is 2.79. The zero-order valence-electron chi connectivity index (χ0n) is 16.0. The molecule has 0 fully saturated rings. The molecule has 0 aliphatic heterocycles. The number of carboxylic acid groups (broad SMARTS) is 1. The van der Waals surface area contributed by atoms with Gasteiger partial charge in [0.15, 0.2) is 0 Å². The molecule has 2 aromatic carbocycles. The molecular weight excluding hydrogens is 334 g/mol. The average Bonchev–Trinajstić information content (AvgIpc) is 2.69. The van der Waals surface area contributed by atoms with Gasteiger partial charge >= 0.3 is 0 Å². The van der Waals surface area contributed by atoms with Crippen molar-refractivity contribution in [3.8, 4) is 22.4 Å². The van der Waals surface area contributed by atoms with Gasteiger partial charge in [-0.25, -0.2) is 0 Å². The maximum Gasteiger partial charge on any atom is 0.0702 e. The molecule has 0 saturated heterocycles. The van der Waals surface area contributed by atoms with E-state index in [0.717, 1.165) is 19.0 Å². The van der Waals surface area contributed by atoms with Crippen LogP contribution >= 0.6 is 0 Å². The standard InChI is InChI=1S/C22H23N.C2H4O2/c1-2-3-5-8-18-11-16-22(23-17-18)21-14-12-20(13-15-21)19-9-6-4-7-10-19;1-2(3)4/h4,6-7,9-17H,2-3,5,8H2,1H3;1H3,(H,3,4)/p-1. The highest BCUT2D eigenvalue weighted by atomic mass is 16.4. The molecule has 0 unspecified atom stereocenters. The summed E-state index contributed by atoms with van der Waals surface area (Å²) in [6.45, 7) is 3.21. The Morgan fingerprint density at radius 3 is 2.00 bits per heavy atom. The minimum Gasteiger partial charge on any atom is -0.550 e. The second kappa shape index (κ2) is 10.9. The lowest BCUT2D eigenvalue weighted by Gasteiger charge is -2.06. The number of carbonyl (C=O) groups is 1. The molecule has 0 amide bonds. The van der Waals surface area contributed by atoms with Gasteiger partial charge in [-0.05, 0) is 42.5 Å². The van der Waals surface area contributed by atoms with E-state index < -0.39 is 5.97 Å². The summed E-state index contributed by atoms with van der Waals surface area (Å²) in [7, 11) is 0. The van der Waals surface area contributed by atoms with Crippen LogP contribution in [-0.2, 0) is 11.2 Å². The minimum atomic E-state index is -1.08. The monoisotopic (exact) mass is 360 g/mol. The Labute approximate surface area is 161 Å². The van der Waals surface area contributed by atoms with E-state index in [0.29, 0.717) is 0 Å². The number of carboxylic acids is 1. The highest BCUT2D eigenvalue weighted by molar-refractivity contribution is 5.68. The largest absolute Gasteiger partial charge is 0.550 e. The maximum absolute atomic E-state index is 8.89. The van der Waals surface area contributed by atoms with Gasteiger partial charge in [-0.1, -0.05) is 80.4 Å². The third-order valence-corrected chi connectivity index (χ3v) is 4.18. The number of unbranched alkanes of at least 4 members (excludes halogenated alkanes) is 2. The molecule has 3 aromatic rings. The van der Waals surface area contributed by atoms with Crippen molar-refractivity contribution in [1.82, 2.24) is 4.98 Å². The lowest BCUT2D eigenvalue weighted by Crippen LogP contribution is -2.16. The summed E-state index contributed by atoms with van der Waals surface area (Å²) in [6.07, 6.45) is 6.97. The highest BCUT2D eigenvalue weighted by Gasteiger charge is 2.02. The van der Waals surface area contributed by atoms with Crippen LogP contribution in [0, 0.1) is 0 Å². The van der Waals surface area contributed by atoms with Crippen LogP contribution in [0.15, 0.2) is 72.9 Å². The Balaban J connectivity index is 0.000000596. The predicted octanol–water partition coefficient (Wildman–Crippen LogP) is 4.90. The number of hydrogen-bond donors (Lipinski definition) is 0. The summed E-state index contributed by atoms with van der Waals surface area (Å²) in [5.41, 5.74) is 6.04. The number of aliphatic carboxylic acids is 1. The van der Waals surface area contributed by atoms with Crippen molar-refractivity contribution in [2.24, 2.45) is 0 Å². The van der Waals surface area contributed by atoms with Gasteiger partial charge in [-0.15, -0.1) is 0 Å². The molecule has 3 heteroatoms. The first-order valence-corrected chi connectivity index (χ1v) is 9.38. The fourth-order valence-electron chi connectivity index (χ4n) is 2.79. The molecule has 3 rings (SSSR count). The highest BCUT2D eigenvalue weighted by Crippen LogP contribution is 2.23. The molecule has 0 bridgehead atoms. The minimum absolute atomic E-state index is 0.972. The first kappa shape index (κ1) is 20.4. The van der Waals surface area contributed by atoms with Crippen molar-refractivity contribution in [3.05, 3.63) is 78.5 Å². The van der Waals surface area contributed by atoms with E-state index >= 15 is 0 Å². The number of pyridine rings is 1. The predicted molar refractivity (Wildman–Crippen MR) is 109 cm³/mol. The second-order valence-corrected chi connectivity index (χ2v) is 6.44. The zero-order chi connectivity index (χ0) is 19.5. The van der Waals surface area contributed by atoms with Crippen LogP contribution in [-0.4, -0.2) is 11.0 Å². The Morgan fingerprint density at radius 2 is 1.44 bits per heavy atom. The van der Waals surface area contributed by atoms with E-state index in [-0.39, 0.29) is 0 Å². The lowest BCUT2D eigenvalue weighted by molar-refractivity contribution is -0.302. The number of carbonyl (C=O) groups excluding carboxylic acids is 1. The Bertz CT molecular complexity index is 805. The van der Waals surface area contributed by atoms with Crippen LogP contribution in [0.3, 0.4) is 0 Å². The summed E-state index contributed by atoms with van der Waals surface area (Å²) in [6, 6.07) is 23.5.